The summed E-state index contributed by atoms with van der Waals surface area (Å²) in [4.78, 5) is 0. The van der Waals surface area contributed by atoms with Crippen LogP contribution in [0.15, 0.2) is 12.1 Å². The Morgan fingerprint density at radius 2 is 2.12 bits per heavy atom. The molecule has 1 N–H and O–H groups in total. The third-order valence-electron chi connectivity index (χ3n) is 3.90. The summed E-state index contributed by atoms with van der Waals surface area (Å²) in [5, 5.41) is 3.42. The molecule has 1 heterocycles. The minimum atomic E-state index is -0.0410. The van der Waals surface area contributed by atoms with Crippen molar-refractivity contribution in [2.75, 3.05) is 7.05 Å². The minimum absolute atomic E-state index is 0.0410. The molecule has 0 saturated carbocycles. The lowest BCUT2D eigenvalue weighted by Crippen LogP contribution is -2.41. The van der Waals surface area contributed by atoms with Gasteiger partial charge in [-0.2, -0.15) is 0 Å². The van der Waals surface area contributed by atoms with Crippen LogP contribution in [0.5, 0.6) is 5.75 Å². The summed E-state index contributed by atoms with van der Waals surface area (Å²) in [6.07, 6.45) is 2.08. The average molecular weight is 233 g/mol. The SMILES string of the molecule is CCC1(C)CC(NC)c2cc(C)cc(C)c2O1. The van der Waals surface area contributed by atoms with E-state index in [2.05, 4.69) is 45.1 Å². The molecule has 2 nitrogen and oxygen atoms in total. The number of nitrogens with one attached hydrogen (secondary N) is 1. The van der Waals surface area contributed by atoms with E-state index in [0.717, 1.165) is 18.6 Å². The number of rotatable bonds is 2. The fourth-order valence-electron chi connectivity index (χ4n) is 2.69. The molecule has 1 aromatic carbocycles. The van der Waals surface area contributed by atoms with E-state index in [-0.39, 0.29) is 5.60 Å². The van der Waals surface area contributed by atoms with Crippen LogP contribution in [0.1, 0.15) is 49.4 Å². The van der Waals surface area contributed by atoms with Crippen molar-refractivity contribution < 1.29 is 4.74 Å². The van der Waals surface area contributed by atoms with Gasteiger partial charge in [0.05, 0.1) is 0 Å². The van der Waals surface area contributed by atoms with Crippen molar-refractivity contribution in [2.24, 2.45) is 0 Å². The van der Waals surface area contributed by atoms with Gasteiger partial charge in [-0.15, -0.1) is 0 Å². The summed E-state index contributed by atoms with van der Waals surface area (Å²) in [6.45, 7) is 8.69. The van der Waals surface area contributed by atoms with Gasteiger partial charge in [-0.3, -0.25) is 0 Å². The van der Waals surface area contributed by atoms with E-state index in [9.17, 15) is 0 Å². The summed E-state index contributed by atoms with van der Waals surface area (Å²) >= 11 is 0. The van der Waals surface area contributed by atoms with Gasteiger partial charge in [0.1, 0.15) is 11.4 Å². The van der Waals surface area contributed by atoms with Crippen molar-refractivity contribution in [1.29, 1.82) is 0 Å². The lowest BCUT2D eigenvalue weighted by molar-refractivity contribution is 0.0446. The summed E-state index contributed by atoms with van der Waals surface area (Å²) in [5.41, 5.74) is 3.83. The van der Waals surface area contributed by atoms with Crippen LogP contribution in [0.2, 0.25) is 0 Å². The average Bonchev–Trinajstić information content (AvgIpc) is 2.29. The number of hydrogen-bond donors (Lipinski definition) is 1. The summed E-state index contributed by atoms with van der Waals surface area (Å²) in [7, 11) is 2.04. The van der Waals surface area contributed by atoms with Gasteiger partial charge in [0.25, 0.3) is 0 Å². The van der Waals surface area contributed by atoms with Crippen LogP contribution < -0.4 is 10.1 Å². The second-order valence-electron chi connectivity index (χ2n) is 5.45. The van der Waals surface area contributed by atoms with Crippen molar-refractivity contribution in [3.8, 4) is 5.75 Å². The van der Waals surface area contributed by atoms with Crippen molar-refractivity contribution in [2.45, 2.75) is 52.2 Å². The molecule has 2 rings (SSSR count). The van der Waals surface area contributed by atoms with Crippen LogP contribution in [0, 0.1) is 13.8 Å². The largest absolute Gasteiger partial charge is 0.487 e. The second kappa shape index (κ2) is 4.34. The normalized spacial score (nSPS) is 27.5. The Kier molecular flexibility index (Phi) is 3.17. The highest BCUT2D eigenvalue weighted by Crippen LogP contribution is 2.43. The van der Waals surface area contributed by atoms with Crippen LogP contribution in [0.4, 0.5) is 0 Å². The van der Waals surface area contributed by atoms with Gasteiger partial charge in [0, 0.05) is 18.0 Å². The monoisotopic (exact) mass is 233 g/mol. The predicted molar refractivity (Wildman–Crippen MR) is 71.7 cm³/mol. The lowest BCUT2D eigenvalue weighted by atomic mass is 9.85. The first-order chi connectivity index (χ1) is 7.99. The van der Waals surface area contributed by atoms with Crippen LogP contribution >= 0.6 is 0 Å². The molecule has 1 aliphatic heterocycles. The maximum atomic E-state index is 6.25. The van der Waals surface area contributed by atoms with Gasteiger partial charge in [0.2, 0.25) is 0 Å². The Morgan fingerprint density at radius 1 is 1.41 bits per heavy atom. The Morgan fingerprint density at radius 3 is 2.71 bits per heavy atom. The van der Waals surface area contributed by atoms with Crippen molar-refractivity contribution in [3.05, 3.63) is 28.8 Å². The van der Waals surface area contributed by atoms with E-state index in [1.807, 2.05) is 7.05 Å². The molecule has 0 bridgehead atoms. The van der Waals surface area contributed by atoms with Gasteiger partial charge in [0.15, 0.2) is 0 Å². The molecule has 2 atom stereocenters. The quantitative estimate of drug-likeness (QED) is 0.844. The van der Waals surface area contributed by atoms with Crippen LogP contribution in [-0.2, 0) is 0 Å². The topological polar surface area (TPSA) is 21.3 Å². The van der Waals surface area contributed by atoms with Gasteiger partial charge in [-0.1, -0.05) is 24.6 Å². The van der Waals surface area contributed by atoms with Crippen molar-refractivity contribution in [3.63, 3.8) is 0 Å². The smallest absolute Gasteiger partial charge is 0.127 e. The standard InChI is InChI=1S/C15H23NO/c1-6-15(4)9-13(16-5)12-8-10(2)7-11(3)14(12)17-15/h7-8,13,16H,6,9H2,1-5H3. The lowest BCUT2D eigenvalue weighted by Gasteiger charge is -2.40. The molecule has 0 spiro atoms. The molecule has 0 saturated heterocycles. The molecule has 0 aliphatic carbocycles. The van der Waals surface area contributed by atoms with Gasteiger partial charge in [-0.25, -0.2) is 0 Å². The molecule has 2 heteroatoms. The first kappa shape index (κ1) is 12.4. The molecule has 0 radical (unpaired) electrons. The highest BCUT2D eigenvalue weighted by molar-refractivity contribution is 5.47. The van der Waals surface area contributed by atoms with Crippen LogP contribution in [0.3, 0.4) is 0 Å². The minimum Gasteiger partial charge on any atom is -0.487 e. The molecule has 0 fully saturated rings. The van der Waals surface area contributed by atoms with E-state index in [4.69, 9.17) is 4.74 Å². The number of fused-ring (bicyclic) bond motifs is 1. The zero-order chi connectivity index (χ0) is 12.6. The van der Waals surface area contributed by atoms with Gasteiger partial charge in [-0.05, 0) is 39.8 Å². The number of aryl methyl sites for hydroxylation is 2. The Bertz CT molecular complexity index is 427. The molecule has 1 aliphatic rings. The Labute approximate surface area is 104 Å². The van der Waals surface area contributed by atoms with Gasteiger partial charge < -0.3 is 10.1 Å². The third-order valence-corrected chi connectivity index (χ3v) is 3.90. The molecule has 17 heavy (non-hydrogen) atoms. The zero-order valence-electron chi connectivity index (χ0n) is 11.6. The zero-order valence-corrected chi connectivity index (χ0v) is 11.6. The van der Waals surface area contributed by atoms with Crippen molar-refractivity contribution in [1.82, 2.24) is 5.32 Å². The highest BCUT2D eigenvalue weighted by atomic mass is 16.5. The number of ether oxygens (including phenoxy) is 1. The Balaban J connectivity index is 2.51. The first-order valence-corrected chi connectivity index (χ1v) is 6.46. The van der Waals surface area contributed by atoms with E-state index >= 15 is 0 Å². The highest BCUT2D eigenvalue weighted by Gasteiger charge is 2.36. The van der Waals surface area contributed by atoms with E-state index in [0.29, 0.717) is 6.04 Å². The molecular formula is C15H23NO. The fraction of sp³-hybridized carbons (Fsp3) is 0.600. The number of benzene rings is 1. The molecular weight excluding hydrogens is 210 g/mol. The molecule has 0 aromatic heterocycles. The fourth-order valence-corrected chi connectivity index (χ4v) is 2.69. The van der Waals surface area contributed by atoms with Gasteiger partial charge >= 0.3 is 0 Å². The van der Waals surface area contributed by atoms with Crippen molar-refractivity contribution >= 4 is 0 Å². The summed E-state index contributed by atoms with van der Waals surface area (Å²) < 4.78 is 6.25. The number of hydrogen-bond acceptors (Lipinski definition) is 2. The summed E-state index contributed by atoms with van der Waals surface area (Å²) in [6, 6.07) is 4.86. The second-order valence-corrected chi connectivity index (χ2v) is 5.45. The van der Waals surface area contributed by atoms with Crippen LogP contribution in [0.25, 0.3) is 0 Å². The van der Waals surface area contributed by atoms with E-state index in [1.165, 1.54) is 16.7 Å². The third kappa shape index (κ3) is 2.19. The van der Waals surface area contributed by atoms with E-state index < -0.39 is 0 Å². The molecule has 2 unspecified atom stereocenters. The maximum Gasteiger partial charge on any atom is 0.127 e. The first-order valence-electron chi connectivity index (χ1n) is 6.46. The maximum absolute atomic E-state index is 6.25. The van der Waals surface area contributed by atoms with E-state index in [1.54, 1.807) is 0 Å². The molecule has 94 valence electrons. The summed E-state index contributed by atoms with van der Waals surface area (Å²) in [5.74, 6) is 1.09. The van der Waals surface area contributed by atoms with Crippen LogP contribution in [-0.4, -0.2) is 12.6 Å². The molecule has 0 amide bonds. The molecule has 1 aromatic rings. The Hall–Kier alpha value is -1.02. The predicted octanol–water partition coefficient (Wildman–Crippen LogP) is 3.52.